The zero-order valence-electron chi connectivity index (χ0n) is 18.2. The molecule has 0 aliphatic rings. The number of hydrogen-bond donors (Lipinski definition) is 1. The summed E-state index contributed by atoms with van der Waals surface area (Å²) in [5.74, 6) is -0.0839. The highest BCUT2D eigenvalue weighted by Gasteiger charge is 2.28. The number of rotatable bonds is 9. The van der Waals surface area contributed by atoms with Crippen molar-refractivity contribution < 1.29 is 28.3 Å². The highest BCUT2D eigenvalue weighted by Crippen LogP contribution is 2.38. The van der Waals surface area contributed by atoms with E-state index in [1.54, 1.807) is 31.4 Å². The molecule has 1 heterocycles. The van der Waals surface area contributed by atoms with Crippen molar-refractivity contribution in [1.82, 2.24) is 5.16 Å². The summed E-state index contributed by atoms with van der Waals surface area (Å²) < 4.78 is 20.9. The van der Waals surface area contributed by atoms with Crippen LogP contribution in [0, 0.1) is 0 Å². The minimum atomic E-state index is -0.756. The van der Waals surface area contributed by atoms with E-state index >= 15 is 0 Å². The van der Waals surface area contributed by atoms with Crippen LogP contribution >= 0.6 is 23.2 Å². The number of hydrogen-bond acceptors (Lipinski definition) is 7. The molecule has 0 unspecified atom stereocenters. The third-order valence-corrected chi connectivity index (χ3v) is 5.33. The molecule has 8 nitrogen and oxygen atoms in total. The maximum absolute atomic E-state index is 12.6. The van der Waals surface area contributed by atoms with Gasteiger partial charge in [-0.3, -0.25) is 10.1 Å². The number of aromatic nitrogens is 1. The van der Waals surface area contributed by atoms with E-state index < -0.39 is 5.97 Å². The van der Waals surface area contributed by atoms with Gasteiger partial charge in [-0.1, -0.05) is 40.5 Å². The molecule has 0 saturated heterocycles. The molecule has 1 amide bonds. The highest BCUT2D eigenvalue weighted by atomic mass is 35.5. The Morgan fingerprint density at radius 1 is 1.09 bits per heavy atom. The molecule has 0 spiro atoms. The first-order valence-corrected chi connectivity index (χ1v) is 10.8. The molecular formula is C23H22Cl2N2O6. The average molecular weight is 493 g/mol. The monoisotopic (exact) mass is 492 g/mol. The maximum atomic E-state index is 12.6. The van der Waals surface area contributed by atoms with E-state index in [1.165, 1.54) is 7.11 Å². The van der Waals surface area contributed by atoms with E-state index in [-0.39, 0.29) is 39.5 Å². The fourth-order valence-corrected chi connectivity index (χ4v) is 3.73. The van der Waals surface area contributed by atoms with Gasteiger partial charge in [-0.25, -0.2) is 4.79 Å². The Morgan fingerprint density at radius 3 is 2.45 bits per heavy atom. The van der Waals surface area contributed by atoms with Crippen molar-refractivity contribution >= 4 is 41.0 Å². The smallest absolute Gasteiger partial charge is 0.345 e. The highest BCUT2D eigenvalue weighted by molar-refractivity contribution is 6.39. The molecule has 174 valence electrons. The summed E-state index contributed by atoms with van der Waals surface area (Å²) in [5, 5.41) is 7.02. The zero-order chi connectivity index (χ0) is 24.0. The summed E-state index contributed by atoms with van der Waals surface area (Å²) in [4.78, 5) is 25.0. The van der Waals surface area contributed by atoms with Crippen molar-refractivity contribution in [3.8, 4) is 22.8 Å². The molecule has 0 saturated carbocycles. The second-order valence-electron chi connectivity index (χ2n) is 6.79. The number of esters is 1. The number of methoxy groups -OCH3 is 2. The van der Waals surface area contributed by atoms with Crippen molar-refractivity contribution in [1.29, 1.82) is 0 Å². The molecule has 0 bridgehead atoms. The summed E-state index contributed by atoms with van der Waals surface area (Å²) in [5.41, 5.74) is 1.17. The van der Waals surface area contributed by atoms with Gasteiger partial charge < -0.3 is 18.7 Å². The first kappa shape index (κ1) is 24.4. The first-order valence-electron chi connectivity index (χ1n) is 10.0. The molecule has 1 N–H and O–H groups in total. The molecule has 0 fully saturated rings. The molecule has 0 radical (unpaired) electrons. The third kappa shape index (κ3) is 5.58. The van der Waals surface area contributed by atoms with Crippen LogP contribution in [-0.2, 0) is 16.0 Å². The Balaban J connectivity index is 1.79. The van der Waals surface area contributed by atoms with Gasteiger partial charge in [0, 0.05) is 12.0 Å². The summed E-state index contributed by atoms with van der Waals surface area (Å²) in [7, 11) is 2.76. The van der Waals surface area contributed by atoms with Gasteiger partial charge in [0.05, 0.1) is 30.9 Å². The van der Waals surface area contributed by atoms with Gasteiger partial charge in [0.2, 0.25) is 11.8 Å². The minimum Gasteiger partial charge on any atom is -0.493 e. The van der Waals surface area contributed by atoms with Gasteiger partial charge in [-0.2, -0.15) is 0 Å². The Kier molecular flexibility index (Phi) is 8.19. The number of nitrogens with one attached hydrogen (secondary N) is 1. The number of aryl methyl sites for hydroxylation is 1. The topological polar surface area (TPSA) is 99.9 Å². The van der Waals surface area contributed by atoms with E-state index in [4.69, 9.17) is 41.9 Å². The van der Waals surface area contributed by atoms with Crippen molar-refractivity contribution in [3.63, 3.8) is 0 Å². The van der Waals surface area contributed by atoms with E-state index in [9.17, 15) is 9.59 Å². The SMILES string of the molecule is CCOc1ccc(CCC(=O)Nc2onc(-c3c(Cl)cccc3Cl)c2C(=O)OC)cc1OC. The summed E-state index contributed by atoms with van der Waals surface area (Å²) in [6.07, 6.45) is 0.528. The molecule has 33 heavy (non-hydrogen) atoms. The van der Waals surface area contributed by atoms with Crippen LogP contribution in [0.15, 0.2) is 40.9 Å². The fraction of sp³-hybridized carbons (Fsp3) is 0.261. The molecule has 2 aromatic carbocycles. The van der Waals surface area contributed by atoms with Crippen molar-refractivity contribution in [3.05, 3.63) is 57.6 Å². The Bertz CT molecular complexity index is 1140. The van der Waals surface area contributed by atoms with Crippen LogP contribution in [-0.4, -0.2) is 37.9 Å². The van der Waals surface area contributed by atoms with Crippen LogP contribution in [0.5, 0.6) is 11.5 Å². The minimum absolute atomic E-state index is 0.0731. The predicted octanol–water partition coefficient (Wildman–Crippen LogP) is 5.41. The quantitative estimate of drug-likeness (QED) is 0.398. The molecule has 0 atom stereocenters. The number of carbonyl (C=O) groups is 2. The summed E-state index contributed by atoms with van der Waals surface area (Å²) >= 11 is 12.5. The van der Waals surface area contributed by atoms with Crippen LogP contribution in [0.1, 0.15) is 29.3 Å². The number of anilines is 1. The van der Waals surface area contributed by atoms with E-state index in [2.05, 4.69) is 10.5 Å². The van der Waals surface area contributed by atoms with Gasteiger partial charge >= 0.3 is 5.97 Å². The first-order chi connectivity index (χ1) is 15.9. The number of amides is 1. The van der Waals surface area contributed by atoms with Crippen molar-refractivity contribution in [2.24, 2.45) is 0 Å². The number of carbonyl (C=O) groups excluding carboxylic acids is 2. The van der Waals surface area contributed by atoms with Gasteiger partial charge in [0.25, 0.3) is 0 Å². The standard InChI is InChI=1S/C23H22Cl2N2O6/c1-4-32-16-10-8-13(12-17(16)30-2)9-11-18(28)26-22-20(23(29)31-3)21(27-33-22)19-14(24)6-5-7-15(19)25/h5-8,10,12H,4,9,11H2,1-3H3,(H,26,28). The molecule has 0 aliphatic carbocycles. The summed E-state index contributed by atoms with van der Waals surface area (Å²) in [6, 6.07) is 10.3. The zero-order valence-corrected chi connectivity index (χ0v) is 19.7. The van der Waals surface area contributed by atoms with Crippen LogP contribution in [0.2, 0.25) is 10.0 Å². The Morgan fingerprint density at radius 2 is 1.82 bits per heavy atom. The lowest BCUT2D eigenvalue weighted by Crippen LogP contribution is -2.15. The van der Waals surface area contributed by atoms with E-state index in [0.717, 1.165) is 5.56 Å². The molecule has 3 rings (SSSR count). The molecule has 1 aromatic heterocycles. The Labute approximate surface area is 200 Å². The lowest BCUT2D eigenvalue weighted by Gasteiger charge is -2.11. The van der Waals surface area contributed by atoms with Crippen LogP contribution in [0.3, 0.4) is 0 Å². The molecule has 10 heteroatoms. The maximum Gasteiger partial charge on any atom is 0.345 e. The van der Waals surface area contributed by atoms with E-state index in [1.807, 2.05) is 19.1 Å². The lowest BCUT2D eigenvalue weighted by atomic mass is 10.1. The van der Waals surface area contributed by atoms with Gasteiger partial charge in [-0.15, -0.1) is 0 Å². The number of ether oxygens (including phenoxy) is 3. The largest absolute Gasteiger partial charge is 0.493 e. The second kappa shape index (κ2) is 11.1. The van der Waals surface area contributed by atoms with Gasteiger partial charge in [0.15, 0.2) is 17.1 Å². The Hall–Kier alpha value is -3.23. The molecular weight excluding hydrogens is 471 g/mol. The number of benzene rings is 2. The van der Waals surface area contributed by atoms with Crippen LogP contribution in [0.25, 0.3) is 11.3 Å². The van der Waals surface area contributed by atoms with Crippen LogP contribution < -0.4 is 14.8 Å². The normalized spacial score (nSPS) is 10.6. The van der Waals surface area contributed by atoms with Crippen LogP contribution in [0.4, 0.5) is 5.88 Å². The summed E-state index contributed by atoms with van der Waals surface area (Å²) in [6.45, 7) is 2.40. The molecule has 3 aromatic rings. The predicted molar refractivity (Wildman–Crippen MR) is 124 cm³/mol. The fourth-order valence-electron chi connectivity index (χ4n) is 3.15. The van der Waals surface area contributed by atoms with E-state index in [0.29, 0.717) is 30.1 Å². The van der Waals surface area contributed by atoms with Crippen molar-refractivity contribution in [2.45, 2.75) is 19.8 Å². The molecule has 0 aliphatic heterocycles. The van der Waals surface area contributed by atoms with Gasteiger partial charge in [0.1, 0.15) is 5.69 Å². The van der Waals surface area contributed by atoms with Gasteiger partial charge in [-0.05, 0) is 43.2 Å². The van der Waals surface area contributed by atoms with Crippen molar-refractivity contribution in [2.75, 3.05) is 26.1 Å². The third-order valence-electron chi connectivity index (χ3n) is 4.70. The average Bonchev–Trinajstić information content (AvgIpc) is 3.20. The second-order valence-corrected chi connectivity index (χ2v) is 7.60. The number of halogens is 2. The lowest BCUT2D eigenvalue weighted by molar-refractivity contribution is -0.116. The number of nitrogens with zero attached hydrogens (tertiary/aromatic N) is 1.